The summed E-state index contributed by atoms with van der Waals surface area (Å²) < 4.78 is 13.0. The van der Waals surface area contributed by atoms with Gasteiger partial charge in [0, 0.05) is 37.6 Å². The highest BCUT2D eigenvalue weighted by Crippen LogP contribution is 2.17. The van der Waals surface area contributed by atoms with Crippen LogP contribution < -0.4 is 10.6 Å². The van der Waals surface area contributed by atoms with Crippen LogP contribution in [0.25, 0.3) is 0 Å². The van der Waals surface area contributed by atoms with Gasteiger partial charge in [-0.05, 0) is 42.0 Å². The van der Waals surface area contributed by atoms with Gasteiger partial charge in [0.05, 0.1) is 6.42 Å². The Kier molecular flexibility index (Phi) is 8.00. The molecule has 2 aromatic rings. The molecule has 0 saturated carbocycles. The Balaban J connectivity index is 0.00000156. The van der Waals surface area contributed by atoms with E-state index in [9.17, 15) is 9.18 Å². The molecule has 0 aromatic heterocycles. The van der Waals surface area contributed by atoms with E-state index in [4.69, 9.17) is 5.73 Å². The van der Waals surface area contributed by atoms with Crippen molar-refractivity contribution in [3.8, 4) is 0 Å². The predicted molar refractivity (Wildman–Crippen MR) is 104 cm³/mol. The van der Waals surface area contributed by atoms with E-state index >= 15 is 0 Å². The monoisotopic (exact) mass is 385 g/mol. The summed E-state index contributed by atoms with van der Waals surface area (Å²) in [7, 11) is 0. The van der Waals surface area contributed by atoms with Gasteiger partial charge in [0.1, 0.15) is 5.82 Å². The highest BCUT2D eigenvalue weighted by Gasteiger charge is 2.21. The molecule has 1 saturated heterocycles. The maximum atomic E-state index is 13.0. The summed E-state index contributed by atoms with van der Waals surface area (Å²) >= 11 is 0. The molecular formula is C18H22Cl2FN3O. The van der Waals surface area contributed by atoms with Crippen LogP contribution in [0.15, 0.2) is 48.5 Å². The number of nitrogens with two attached hydrogens (primary N) is 1. The van der Waals surface area contributed by atoms with Gasteiger partial charge in [0.15, 0.2) is 0 Å². The molecule has 1 aliphatic rings. The topological polar surface area (TPSA) is 49.6 Å². The molecule has 25 heavy (non-hydrogen) atoms. The Hall–Kier alpha value is -1.98. The van der Waals surface area contributed by atoms with E-state index < -0.39 is 0 Å². The van der Waals surface area contributed by atoms with Crippen molar-refractivity contribution in [3.05, 3.63) is 59.9 Å². The van der Waals surface area contributed by atoms with Gasteiger partial charge in [-0.25, -0.2) is 4.39 Å². The van der Waals surface area contributed by atoms with Crippen LogP contribution in [-0.4, -0.2) is 37.0 Å². The number of piperazine rings is 1. The van der Waals surface area contributed by atoms with E-state index in [1.54, 1.807) is 12.1 Å². The standard InChI is InChI=1S/C18H20FN3O.2ClH/c19-15-3-7-17(8-4-15)21-9-11-22(12-10-21)18(23)13-14-1-5-16(20)6-2-14;;/h1-8H,9-13,20H2;2*1H. The van der Waals surface area contributed by atoms with Crippen LogP contribution in [0.4, 0.5) is 15.8 Å². The first-order valence-electron chi connectivity index (χ1n) is 7.74. The highest BCUT2D eigenvalue weighted by molar-refractivity contribution is 5.85. The molecule has 0 aliphatic carbocycles. The molecule has 2 aromatic carbocycles. The van der Waals surface area contributed by atoms with Gasteiger partial charge in [0.2, 0.25) is 5.91 Å². The number of carbonyl (C=O) groups is 1. The van der Waals surface area contributed by atoms with Crippen LogP contribution in [0.1, 0.15) is 5.56 Å². The number of rotatable bonds is 3. The van der Waals surface area contributed by atoms with E-state index in [1.807, 2.05) is 29.2 Å². The molecule has 1 heterocycles. The van der Waals surface area contributed by atoms with Crippen molar-refractivity contribution in [2.24, 2.45) is 0 Å². The molecule has 1 fully saturated rings. The van der Waals surface area contributed by atoms with Crippen LogP contribution in [0.2, 0.25) is 0 Å². The summed E-state index contributed by atoms with van der Waals surface area (Å²) in [6, 6.07) is 13.9. The summed E-state index contributed by atoms with van der Waals surface area (Å²) in [5, 5.41) is 0. The molecule has 1 aliphatic heterocycles. The summed E-state index contributed by atoms with van der Waals surface area (Å²) in [5.74, 6) is -0.0976. The summed E-state index contributed by atoms with van der Waals surface area (Å²) in [5.41, 5.74) is 8.33. The fraction of sp³-hybridized carbons (Fsp3) is 0.278. The number of benzene rings is 2. The van der Waals surface area contributed by atoms with E-state index in [0.717, 1.165) is 24.3 Å². The summed E-state index contributed by atoms with van der Waals surface area (Å²) in [6.45, 7) is 2.90. The minimum absolute atomic E-state index is 0. The molecule has 1 amide bonds. The maximum absolute atomic E-state index is 13.0. The second-order valence-electron chi connectivity index (χ2n) is 5.76. The zero-order valence-corrected chi connectivity index (χ0v) is 15.4. The van der Waals surface area contributed by atoms with Crippen molar-refractivity contribution in [2.45, 2.75) is 6.42 Å². The smallest absolute Gasteiger partial charge is 0.227 e. The number of nitrogen functional groups attached to an aromatic ring is 1. The lowest BCUT2D eigenvalue weighted by atomic mass is 10.1. The zero-order valence-electron chi connectivity index (χ0n) is 13.7. The van der Waals surface area contributed by atoms with Gasteiger partial charge in [-0.15, -0.1) is 24.8 Å². The molecule has 0 unspecified atom stereocenters. The molecule has 3 rings (SSSR count). The molecular weight excluding hydrogens is 364 g/mol. The van der Waals surface area contributed by atoms with E-state index in [1.165, 1.54) is 12.1 Å². The predicted octanol–water partition coefficient (Wildman–Crippen LogP) is 3.14. The fourth-order valence-corrected chi connectivity index (χ4v) is 2.79. The average molecular weight is 386 g/mol. The average Bonchev–Trinajstić information content (AvgIpc) is 2.58. The zero-order chi connectivity index (χ0) is 16.2. The van der Waals surface area contributed by atoms with Gasteiger partial charge in [-0.3, -0.25) is 4.79 Å². The number of anilines is 2. The van der Waals surface area contributed by atoms with E-state index in [2.05, 4.69) is 4.90 Å². The lowest BCUT2D eigenvalue weighted by Crippen LogP contribution is -2.49. The van der Waals surface area contributed by atoms with Crippen molar-refractivity contribution < 1.29 is 9.18 Å². The van der Waals surface area contributed by atoms with E-state index in [0.29, 0.717) is 25.2 Å². The highest BCUT2D eigenvalue weighted by atomic mass is 35.5. The molecule has 0 radical (unpaired) electrons. The van der Waals surface area contributed by atoms with Crippen LogP contribution in [0.3, 0.4) is 0 Å². The number of halogens is 3. The third-order valence-electron chi connectivity index (χ3n) is 4.16. The van der Waals surface area contributed by atoms with Crippen LogP contribution in [0.5, 0.6) is 0 Å². The van der Waals surface area contributed by atoms with Crippen LogP contribution in [-0.2, 0) is 11.2 Å². The SMILES string of the molecule is Cl.Cl.Nc1ccc(CC(=O)N2CCN(c3ccc(F)cc3)CC2)cc1. The molecule has 4 nitrogen and oxygen atoms in total. The van der Waals surface area contributed by atoms with Gasteiger partial charge in [-0.2, -0.15) is 0 Å². The number of nitrogens with zero attached hydrogens (tertiary/aromatic N) is 2. The Bertz CT molecular complexity index is 672. The number of amides is 1. The normalized spacial score (nSPS) is 13.6. The number of hydrogen-bond acceptors (Lipinski definition) is 3. The lowest BCUT2D eigenvalue weighted by molar-refractivity contribution is -0.130. The largest absolute Gasteiger partial charge is 0.399 e. The van der Waals surface area contributed by atoms with Crippen molar-refractivity contribution in [1.29, 1.82) is 0 Å². The number of hydrogen-bond donors (Lipinski definition) is 1. The molecule has 0 atom stereocenters. The first kappa shape index (κ1) is 21.1. The Morgan fingerprint density at radius 2 is 1.48 bits per heavy atom. The second-order valence-corrected chi connectivity index (χ2v) is 5.76. The molecule has 0 bridgehead atoms. The van der Waals surface area contributed by atoms with Gasteiger partial charge in [0.25, 0.3) is 0 Å². The second kappa shape index (κ2) is 9.49. The quantitative estimate of drug-likeness (QED) is 0.825. The summed E-state index contributed by atoms with van der Waals surface area (Å²) in [6.07, 6.45) is 0.400. The first-order chi connectivity index (χ1) is 11.1. The Morgan fingerprint density at radius 3 is 2.04 bits per heavy atom. The van der Waals surface area contributed by atoms with Gasteiger partial charge >= 0.3 is 0 Å². The molecule has 136 valence electrons. The van der Waals surface area contributed by atoms with Gasteiger partial charge in [-0.1, -0.05) is 12.1 Å². The maximum Gasteiger partial charge on any atom is 0.227 e. The third-order valence-corrected chi connectivity index (χ3v) is 4.16. The van der Waals surface area contributed by atoms with Crippen molar-refractivity contribution >= 4 is 42.1 Å². The van der Waals surface area contributed by atoms with Crippen molar-refractivity contribution in [3.63, 3.8) is 0 Å². The molecule has 2 N–H and O–H groups in total. The Labute approximate surface area is 159 Å². The minimum Gasteiger partial charge on any atom is -0.399 e. The Morgan fingerprint density at radius 1 is 0.920 bits per heavy atom. The van der Waals surface area contributed by atoms with Crippen LogP contribution >= 0.6 is 24.8 Å². The number of carbonyl (C=O) groups excluding carboxylic acids is 1. The first-order valence-corrected chi connectivity index (χ1v) is 7.74. The summed E-state index contributed by atoms with van der Waals surface area (Å²) in [4.78, 5) is 16.4. The van der Waals surface area contributed by atoms with Crippen molar-refractivity contribution in [1.82, 2.24) is 4.90 Å². The minimum atomic E-state index is -0.230. The molecule has 7 heteroatoms. The van der Waals surface area contributed by atoms with Crippen LogP contribution in [0, 0.1) is 5.82 Å². The molecule has 0 spiro atoms. The van der Waals surface area contributed by atoms with Crippen molar-refractivity contribution in [2.75, 3.05) is 36.8 Å². The lowest BCUT2D eigenvalue weighted by Gasteiger charge is -2.36. The van der Waals surface area contributed by atoms with Gasteiger partial charge < -0.3 is 15.5 Å². The third kappa shape index (κ3) is 5.51. The fourth-order valence-electron chi connectivity index (χ4n) is 2.79. The van der Waals surface area contributed by atoms with E-state index in [-0.39, 0.29) is 36.5 Å².